The lowest BCUT2D eigenvalue weighted by molar-refractivity contribution is 0.102. The number of benzene rings is 3. The minimum atomic E-state index is -3.73. The lowest BCUT2D eigenvalue weighted by Gasteiger charge is -2.13. The molecule has 0 radical (unpaired) electrons. The molecule has 0 unspecified atom stereocenters. The first-order valence-corrected chi connectivity index (χ1v) is 11.3. The number of sulfonamides is 1. The number of hydrogen-bond donors (Lipinski definition) is 2. The van der Waals surface area contributed by atoms with E-state index in [1.165, 1.54) is 34.7 Å². The van der Waals surface area contributed by atoms with Crippen LogP contribution in [-0.4, -0.2) is 20.4 Å². The van der Waals surface area contributed by atoms with Crippen molar-refractivity contribution in [3.8, 4) is 0 Å². The Labute approximate surface area is 175 Å². The van der Waals surface area contributed by atoms with Crippen LogP contribution in [0.25, 0.3) is 10.8 Å². The predicted octanol–water partition coefficient (Wildman–Crippen LogP) is 4.53. The number of halogens is 1. The van der Waals surface area contributed by atoms with Crippen LogP contribution in [0.2, 0.25) is 5.02 Å². The van der Waals surface area contributed by atoms with Gasteiger partial charge in [0.2, 0.25) is 10.0 Å². The lowest BCUT2D eigenvalue weighted by Crippen LogP contribution is -2.30. The van der Waals surface area contributed by atoms with E-state index in [0.29, 0.717) is 5.69 Å². The van der Waals surface area contributed by atoms with Crippen LogP contribution in [0.4, 0.5) is 5.69 Å². The van der Waals surface area contributed by atoms with Gasteiger partial charge >= 0.3 is 0 Å². The van der Waals surface area contributed by atoms with Gasteiger partial charge < -0.3 is 5.32 Å². The maximum atomic E-state index is 13.0. The molecule has 1 amide bonds. The summed E-state index contributed by atoms with van der Waals surface area (Å²) in [6, 6.07) is 13.9. The summed E-state index contributed by atoms with van der Waals surface area (Å²) in [7, 11) is -3.73. The van der Waals surface area contributed by atoms with E-state index < -0.39 is 15.9 Å². The van der Waals surface area contributed by atoms with Crippen LogP contribution < -0.4 is 10.0 Å². The number of nitrogens with one attached hydrogen (secondary N) is 2. The molecule has 3 aromatic rings. The summed E-state index contributed by atoms with van der Waals surface area (Å²) in [5, 5.41) is 5.26. The maximum Gasteiger partial charge on any atom is 0.257 e. The predicted molar refractivity (Wildman–Crippen MR) is 116 cm³/mol. The summed E-state index contributed by atoms with van der Waals surface area (Å²) in [4.78, 5) is 13.0. The van der Waals surface area contributed by atoms with Gasteiger partial charge in [-0.1, -0.05) is 35.9 Å². The summed E-state index contributed by atoms with van der Waals surface area (Å²) in [5.41, 5.74) is 3.35. The standard InChI is InChI=1S/C22H21ClN2O3S/c1-13(2)25-29(27,28)16-9-10-19(23)18(12-16)22(26)24-20-11-8-15-7-6-14-4-3-5-17(20)21(14)15/h3-5,8-13,25H,6-7H2,1-2H3,(H,24,26). The largest absolute Gasteiger partial charge is 0.321 e. The second-order valence-electron chi connectivity index (χ2n) is 7.48. The number of carbonyl (C=O) groups excluding carboxylic acids is 1. The third kappa shape index (κ3) is 3.75. The van der Waals surface area contributed by atoms with Crippen molar-refractivity contribution in [2.75, 3.05) is 5.32 Å². The summed E-state index contributed by atoms with van der Waals surface area (Å²) in [6.07, 6.45) is 2.00. The van der Waals surface area contributed by atoms with Gasteiger partial charge in [-0.05, 0) is 67.5 Å². The minimum absolute atomic E-state index is 0.00107. The molecular formula is C22H21ClN2O3S. The first-order valence-electron chi connectivity index (χ1n) is 9.43. The van der Waals surface area contributed by atoms with Crippen LogP contribution >= 0.6 is 11.6 Å². The smallest absolute Gasteiger partial charge is 0.257 e. The molecule has 1 aliphatic carbocycles. The average Bonchev–Trinajstić information content (AvgIpc) is 3.08. The number of carbonyl (C=O) groups is 1. The molecule has 150 valence electrons. The number of aryl methyl sites for hydroxylation is 2. The molecule has 0 saturated carbocycles. The van der Waals surface area contributed by atoms with Gasteiger partial charge in [-0.2, -0.15) is 0 Å². The average molecular weight is 429 g/mol. The molecule has 5 nitrogen and oxygen atoms in total. The van der Waals surface area contributed by atoms with Crippen molar-refractivity contribution in [2.45, 2.75) is 37.6 Å². The van der Waals surface area contributed by atoms with E-state index in [1.54, 1.807) is 13.8 Å². The molecule has 3 aromatic carbocycles. The Morgan fingerprint density at radius 3 is 2.48 bits per heavy atom. The van der Waals surface area contributed by atoms with Gasteiger partial charge in [0.05, 0.1) is 15.5 Å². The molecule has 0 aliphatic heterocycles. The lowest BCUT2D eigenvalue weighted by atomic mass is 10.0. The zero-order chi connectivity index (χ0) is 20.8. The van der Waals surface area contributed by atoms with E-state index in [0.717, 1.165) is 18.2 Å². The molecule has 0 heterocycles. The number of amides is 1. The van der Waals surface area contributed by atoms with Crippen LogP contribution in [0.3, 0.4) is 0 Å². The van der Waals surface area contributed by atoms with Crippen molar-refractivity contribution in [1.29, 1.82) is 0 Å². The first-order chi connectivity index (χ1) is 13.8. The number of rotatable bonds is 5. The monoisotopic (exact) mass is 428 g/mol. The highest BCUT2D eigenvalue weighted by molar-refractivity contribution is 7.89. The fourth-order valence-corrected chi connectivity index (χ4v) is 5.25. The Balaban J connectivity index is 1.70. The van der Waals surface area contributed by atoms with Crippen molar-refractivity contribution in [2.24, 2.45) is 0 Å². The molecule has 0 spiro atoms. The molecule has 0 atom stereocenters. The molecule has 4 rings (SSSR count). The highest BCUT2D eigenvalue weighted by Gasteiger charge is 2.21. The van der Waals surface area contributed by atoms with Gasteiger partial charge in [-0.3, -0.25) is 4.79 Å². The van der Waals surface area contributed by atoms with Gasteiger partial charge in [0.15, 0.2) is 0 Å². The van der Waals surface area contributed by atoms with Gasteiger partial charge in [0.25, 0.3) is 5.91 Å². The van der Waals surface area contributed by atoms with E-state index in [4.69, 9.17) is 11.6 Å². The van der Waals surface area contributed by atoms with Crippen molar-refractivity contribution >= 4 is 44.0 Å². The van der Waals surface area contributed by atoms with E-state index in [1.807, 2.05) is 24.3 Å². The molecule has 29 heavy (non-hydrogen) atoms. The molecule has 1 aliphatic rings. The summed E-state index contributed by atoms with van der Waals surface area (Å²) in [6.45, 7) is 3.47. The van der Waals surface area contributed by atoms with Crippen molar-refractivity contribution in [1.82, 2.24) is 4.72 Å². The van der Waals surface area contributed by atoms with Gasteiger partial charge in [0, 0.05) is 17.1 Å². The molecule has 0 fully saturated rings. The fraction of sp³-hybridized carbons (Fsp3) is 0.227. The van der Waals surface area contributed by atoms with E-state index in [2.05, 4.69) is 16.1 Å². The summed E-state index contributed by atoms with van der Waals surface area (Å²) in [5.74, 6) is -0.449. The van der Waals surface area contributed by atoms with Crippen molar-refractivity contribution < 1.29 is 13.2 Å². The Morgan fingerprint density at radius 1 is 1.03 bits per heavy atom. The third-order valence-electron chi connectivity index (χ3n) is 5.01. The molecular weight excluding hydrogens is 408 g/mol. The Morgan fingerprint density at radius 2 is 1.76 bits per heavy atom. The van der Waals surface area contributed by atoms with Crippen molar-refractivity contribution in [3.05, 3.63) is 70.2 Å². The molecule has 0 saturated heterocycles. The second-order valence-corrected chi connectivity index (χ2v) is 9.60. The fourth-order valence-electron chi connectivity index (χ4n) is 3.77. The normalized spacial score (nSPS) is 13.2. The third-order valence-corrected chi connectivity index (χ3v) is 6.99. The van der Waals surface area contributed by atoms with E-state index >= 15 is 0 Å². The summed E-state index contributed by atoms with van der Waals surface area (Å²) < 4.78 is 27.4. The van der Waals surface area contributed by atoms with E-state index in [-0.39, 0.29) is 21.5 Å². The Kier molecular flexibility index (Phi) is 5.11. The van der Waals surface area contributed by atoms with Crippen LogP contribution in [-0.2, 0) is 22.9 Å². The maximum absolute atomic E-state index is 13.0. The second kappa shape index (κ2) is 7.44. The zero-order valence-electron chi connectivity index (χ0n) is 16.1. The molecule has 0 bridgehead atoms. The highest BCUT2D eigenvalue weighted by Crippen LogP contribution is 2.35. The van der Waals surface area contributed by atoms with E-state index in [9.17, 15) is 13.2 Å². The van der Waals surface area contributed by atoms with Crippen LogP contribution in [0, 0.1) is 0 Å². The zero-order valence-corrected chi connectivity index (χ0v) is 17.7. The van der Waals surface area contributed by atoms with Crippen molar-refractivity contribution in [3.63, 3.8) is 0 Å². The quantitative estimate of drug-likeness (QED) is 0.626. The first kappa shape index (κ1) is 19.9. The highest BCUT2D eigenvalue weighted by atomic mass is 35.5. The van der Waals surface area contributed by atoms with Gasteiger partial charge in [-0.15, -0.1) is 0 Å². The van der Waals surface area contributed by atoms with Crippen LogP contribution in [0.5, 0.6) is 0 Å². The van der Waals surface area contributed by atoms with Gasteiger partial charge in [-0.25, -0.2) is 13.1 Å². The summed E-state index contributed by atoms with van der Waals surface area (Å²) >= 11 is 6.22. The Bertz CT molecular complexity index is 1230. The molecule has 0 aromatic heterocycles. The van der Waals surface area contributed by atoms with Crippen LogP contribution in [0.15, 0.2) is 53.4 Å². The topological polar surface area (TPSA) is 75.3 Å². The Hall–Kier alpha value is -2.41. The van der Waals surface area contributed by atoms with Gasteiger partial charge in [0.1, 0.15) is 0 Å². The number of hydrogen-bond acceptors (Lipinski definition) is 3. The number of anilines is 1. The minimum Gasteiger partial charge on any atom is -0.321 e. The van der Waals surface area contributed by atoms with Crippen LogP contribution in [0.1, 0.15) is 35.3 Å². The molecule has 2 N–H and O–H groups in total. The molecule has 7 heteroatoms. The SMILES string of the molecule is CC(C)NS(=O)(=O)c1ccc(Cl)c(C(=O)Nc2ccc3c4c(cccc24)CC3)c1.